The van der Waals surface area contributed by atoms with E-state index in [0.717, 1.165) is 43.1 Å². The van der Waals surface area contributed by atoms with Crippen molar-refractivity contribution in [1.29, 1.82) is 0 Å². The lowest BCUT2D eigenvalue weighted by Gasteiger charge is -2.35. The van der Waals surface area contributed by atoms with Crippen molar-refractivity contribution in [3.05, 3.63) is 95.0 Å². The van der Waals surface area contributed by atoms with Crippen molar-refractivity contribution in [3.8, 4) is 0 Å². The number of piperazine rings is 1. The van der Waals surface area contributed by atoms with Gasteiger partial charge in [0.25, 0.3) is 5.91 Å². The number of hydrogen-bond acceptors (Lipinski definition) is 4. The highest BCUT2D eigenvalue weighted by molar-refractivity contribution is 6.33. The standard InChI is InChI=1S/C27H29ClN4O2/c1-31-15-17-32(18-16-31)25-14-8-7-13-23(25)29-26(33)19-24(20-9-3-2-4-10-20)30-27(34)21-11-5-6-12-22(21)28/h2-14,24H,15-19H2,1H3,(H,29,33)(H,30,34). The highest BCUT2D eigenvalue weighted by Crippen LogP contribution is 2.28. The Morgan fingerprint density at radius 2 is 1.53 bits per heavy atom. The van der Waals surface area contributed by atoms with Crippen LogP contribution in [0, 0.1) is 0 Å². The van der Waals surface area contributed by atoms with Crippen molar-refractivity contribution >= 4 is 34.8 Å². The van der Waals surface area contributed by atoms with Crippen molar-refractivity contribution in [2.75, 3.05) is 43.4 Å². The van der Waals surface area contributed by atoms with E-state index < -0.39 is 6.04 Å². The zero-order chi connectivity index (χ0) is 23.9. The topological polar surface area (TPSA) is 64.7 Å². The molecule has 1 atom stereocenters. The van der Waals surface area contributed by atoms with E-state index >= 15 is 0 Å². The highest BCUT2D eigenvalue weighted by Gasteiger charge is 2.22. The predicted molar refractivity (Wildman–Crippen MR) is 137 cm³/mol. The van der Waals surface area contributed by atoms with Crippen LogP contribution in [0.1, 0.15) is 28.4 Å². The van der Waals surface area contributed by atoms with Crippen LogP contribution >= 0.6 is 11.6 Å². The van der Waals surface area contributed by atoms with Gasteiger partial charge >= 0.3 is 0 Å². The quantitative estimate of drug-likeness (QED) is 0.523. The molecule has 1 aliphatic heterocycles. The van der Waals surface area contributed by atoms with E-state index in [0.29, 0.717) is 10.6 Å². The van der Waals surface area contributed by atoms with Gasteiger partial charge in [0, 0.05) is 26.2 Å². The van der Waals surface area contributed by atoms with E-state index in [1.54, 1.807) is 24.3 Å². The Labute approximate surface area is 205 Å². The van der Waals surface area contributed by atoms with E-state index in [1.165, 1.54) is 0 Å². The molecule has 34 heavy (non-hydrogen) atoms. The first kappa shape index (κ1) is 23.8. The van der Waals surface area contributed by atoms with Crippen molar-refractivity contribution in [3.63, 3.8) is 0 Å². The number of hydrogen-bond donors (Lipinski definition) is 2. The molecule has 0 spiro atoms. The normalized spacial score (nSPS) is 14.9. The van der Waals surface area contributed by atoms with Crippen LogP contribution in [0.3, 0.4) is 0 Å². The summed E-state index contributed by atoms with van der Waals surface area (Å²) < 4.78 is 0. The second-order valence-electron chi connectivity index (χ2n) is 8.48. The van der Waals surface area contributed by atoms with Gasteiger partial charge < -0.3 is 20.4 Å². The van der Waals surface area contributed by atoms with Crippen molar-refractivity contribution in [2.24, 2.45) is 0 Å². The largest absolute Gasteiger partial charge is 0.367 e. The molecule has 0 saturated carbocycles. The molecule has 0 bridgehead atoms. The fourth-order valence-electron chi connectivity index (χ4n) is 4.11. The Hall–Kier alpha value is -3.35. The molecule has 0 radical (unpaired) electrons. The predicted octanol–water partition coefficient (Wildman–Crippen LogP) is 4.59. The van der Waals surface area contributed by atoms with Gasteiger partial charge in [0.1, 0.15) is 0 Å². The summed E-state index contributed by atoms with van der Waals surface area (Å²) in [5.74, 6) is -0.486. The van der Waals surface area contributed by atoms with Crippen LogP contribution in [0.4, 0.5) is 11.4 Å². The molecule has 1 aliphatic rings. The lowest BCUT2D eigenvalue weighted by molar-refractivity contribution is -0.116. The zero-order valence-corrected chi connectivity index (χ0v) is 20.0. The molecule has 2 N–H and O–H groups in total. The molecule has 2 amide bonds. The maximum atomic E-state index is 13.2. The monoisotopic (exact) mass is 476 g/mol. The average molecular weight is 477 g/mol. The first-order valence-electron chi connectivity index (χ1n) is 11.4. The first-order chi connectivity index (χ1) is 16.5. The average Bonchev–Trinajstić information content (AvgIpc) is 2.85. The fourth-order valence-corrected chi connectivity index (χ4v) is 4.33. The maximum Gasteiger partial charge on any atom is 0.253 e. The van der Waals surface area contributed by atoms with E-state index in [9.17, 15) is 9.59 Å². The third-order valence-corrected chi connectivity index (χ3v) is 6.37. The molecule has 1 saturated heterocycles. The van der Waals surface area contributed by atoms with Gasteiger partial charge in [-0.25, -0.2) is 0 Å². The Bertz CT molecular complexity index is 1130. The molecule has 3 aromatic carbocycles. The van der Waals surface area contributed by atoms with Gasteiger partial charge in [-0.1, -0.05) is 66.2 Å². The minimum atomic E-state index is -0.499. The number of nitrogens with zero attached hydrogens (tertiary/aromatic N) is 2. The molecule has 0 aliphatic carbocycles. The molecule has 1 fully saturated rings. The Morgan fingerprint density at radius 1 is 0.882 bits per heavy atom. The number of anilines is 2. The number of carbonyl (C=O) groups is 2. The van der Waals surface area contributed by atoms with Crippen LogP contribution in [0.25, 0.3) is 0 Å². The molecule has 0 aromatic heterocycles. The number of carbonyl (C=O) groups excluding carboxylic acids is 2. The first-order valence-corrected chi connectivity index (χ1v) is 11.8. The van der Waals surface area contributed by atoms with Gasteiger partial charge in [-0.15, -0.1) is 0 Å². The zero-order valence-electron chi connectivity index (χ0n) is 19.2. The van der Waals surface area contributed by atoms with Crippen molar-refractivity contribution in [1.82, 2.24) is 10.2 Å². The summed E-state index contributed by atoms with van der Waals surface area (Å²) in [6.45, 7) is 3.77. The van der Waals surface area contributed by atoms with E-state index in [1.807, 2.05) is 54.6 Å². The molecule has 1 heterocycles. The number of nitrogens with one attached hydrogen (secondary N) is 2. The number of amides is 2. The van der Waals surface area contributed by atoms with Crippen LogP contribution in [-0.2, 0) is 4.79 Å². The van der Waals surface area contributed by atoms with E-state index in [-0.39, 0.29) is 18.2 Å². The van der Waals surface area contributed by atoms with Crippen LogP contribution in [0.5, 0.6) is 0 Å². The smallest absolute Gasteiger partial charge is 0.253 e. The summed E-state index contributed by atoms with van der Waals surface area (Å²) in [6.07, 6.45) is 0.0945. The second-order valence-corrected chi connectivity index (χ2v) is 8.88. The Kier molecular flexibility index (Phi) is 7.83. The van der Waals surface area contributed by atoms with Gasteiger partial charge in [-0.3, -0.25) is 9.59 Å². The molecule has 7 heteroatoms. The third kappa shape index (κ3) is 5.95. The van der Waals surface area contributed by atoms with Crippen LogP contribution in [-0.4, -0.2) is 49.9 Å². The van der Waals surface area contributed by atoms with Crippen molar-refractivity contribution in [2.45, 2.75) is 12.5 Å². The summed E-state index contributed by atoms with van der Waals surface area (Å²) in [7, 11) is 2.12. The molecule has 6 nitrogen and oxygen atoms in total. The Morgan fingerprint density at radius 3 is 2.26 bits per heavy atom. The minimum absolute atomic E-state index is 0.0945. The van der Waals surface area contributed by atoms with Crippen molar-refractivity contribution < 1.29 is 9.59 Å². The molecule has 1 unspecified atom stereocenters. The number of halogens is 1. The lowest BCUT2D eigenvalue weighted by atomic mass is 10.0. The van der Waals surface area contributed by atoms with Gasteiger partial charge in [0.15, 0.2) is 0 Å². The highest BCUT2D eigenvalue weighted by atomic mass is 35.5. The number of para-hydroxylation sites is 2. The van der Waals surface area contributed by atoms with Gasteiger partial charge in [0.2, 0.25) is 5.91 Å². The fraction of sp³-hybridized carbons (Fsp3) is 0.259. The summed E-state index contributed by atoms with van der Waals surface area (Å²) >= 11 is 6.21. The Balaban J connectivity index is 1.50. The van der Waals surface area contributed by atoms with Crippen LogP contribution < -0.4 is 15.5 Å². The van der Waals surface area contributed by atoms with Gasteiger partial charge in [-0.2, -0.15) is 0 Å². The summed E-state index contributed by atoms with van der Waals surface area (Å²) in [5.41, 5.74) is 3.03. The second kappa shape index (κ2) is 11.2. The number of likely N-dealkylation sites (N-methyl/N-ethyl adjacent to an activating group) is 1. The maximum absolute atomic E-state index is 13.2. The van der Waals surface area contributed by atoms with Gasteiger partial charge in [0.05, 0.1) is 34.4 Å². The SMILES string of the molecule is CN1CCN(c2ccccc2NC(=O)CC(NC(=O)c2ccccc2Cl)c2ccccc2)CC1. The summed E-state index contributed by atoms with van der Waals surface area (Å²) in [5, 5.41) is 6.43. The number of rotatable bonds is 7. The van der Waals surface area contributed by atoms with E-state index in [4.69, 9.17) is 11.6 Å². The third-order valence-electron chi connectivity index (χ3n) is 6.04. The van der Waals surface area contributed by atoms with Crippen LogP contribution in [0.2, 0.25) is 5.02 Å². The molecular formula is C27H29ClN4O2. The van der Waals surface area contributed by atoms with E-state index in [2.05, 4.69) is 27.5 Å². The minimum Gasteiger partial charge on any atom is -0.367 e. The molecule has 176 valence electrons. The number of benzene rings is 3. The van der Waals surface area contributed by atoms with Crippen LogP contribution in [0.15, 0.2) is 78.9 Å². The molecule has 4 rings (SSSR count). The summed E-state index contributed by atoms with van der Waals surface area (Å²) in [4.78, 5) is 30.7. The molecule has 3 aromatic rings. The summed E-state index contributed by atoms with van der Waals surface area (Å²) in [6, 6.07) is 23.8. The van der Waals surface area contributed by atoms with Gasteiger partial charge in [-0.05, 0) is 36.9 Å². The lowest BCUT2D eigenvalue weighted by Crippen LogP contribution is -2.44. The molecular weight excluding hydrogens is 448 g/mol.